The van der Waals surface area contributed by atoms with Crippen molar-refractivity contribution in [1.82, 2.24) is 9.88 Å². The highest BCUT2D eigenvalue weighted by molar-refractivity contribution is 7.11. The lowest BCUT2D eigenvalue weighted by atomic mass is 10.1. The van der Waals surface area contributed by atoms with Crippen molar-refractivity contribution in [2.24, 2.45) is 0 Å². The van der Waals surface area contributed by atoms with Crippen LogP contribution >= 0.6 is 11.3 Å². The largest absolute Gasteiger partial charge is 0.481 e. The molecular weight excluding hydrogens is 208 g/mol. The standard InChI is InChI=1S/C11H18N2OS/c1-10-11(15-9-12-10)14-8-7-13-5-3-2-4-6-13/h9H,2-8H2,1H3. The second-order valence-electron chi connectivity index (χ2n) is 3.98. The molecule has 1 fully saturated rings. The van der Waals surface area contributed by atoms with E-state index >= 15 is 0 Å². The Morgan fingerprint density at radius 1 is 1.40 bits per heavy atom. The molecule has 0 unspecified atom stereocenters. The van der Waals surface area contributed by atoms with Crippen LogP contribution in [0.25, 0.3) is 0 Å². The van der Waals surface area contributed by atoms with E-state index in [1.165, 1.54) is 32.4 Å². The minimum atomic E-state index is 0.795. The molecule has 15 heavy (non-hydrogen) atoms. The Bertz CT molecular complexity index is 295. The number of nitrogens with zero attached hydrogens (tertiary/aromatic N) is 2. The van der Waals surface area contributed by atoms with Gasteiger partial charge in [0.25, 0.3) is 0 Å². The van der Waals surface area contributed by atoms with Crippen molar-refractivity contribution < 1.29 is 4.74 Å². The van der Waals surface area contributed by atoms with Gasteiger partial charge in [-0.05, 0) is 32.9 Å². The second-order valence-corrected chi connectivity index (χ2v) is 4.79. The third-order valence-corrected chi connectivity index (χ3v) is 3.63. The van der Waals surface area contributed by atoms with E-state index in [-0.39, 0.29) is 0 Å². The zero-order valence-corrected chi connectivity index (χ0v) is 10.1. The Labute approximate surface area is 95.1 Å². The Balaban J connectivity index is 1.68. The molecule has 0 bridgehead atoms. The number of aryl methyl sites for hydroxylation is 1. The minimum absolute atomic E-state index is 0.795. The van der Waals surface area contributed by atoms with Crippen molar-refractivity contribution in [3.8, 4) is 5.06 Å². The van der Waals surface area contributed by atoms with Gasteiger partial charge in [0, 0.05) is 6.54 Å². The predicted molar refractivity (Wildman–Crippen MR) is 62.6 cm³/mol. The van der Waals surface area contributed by atoms with Crippen LogP contribution in [0.4, 0.5) is 0 Å². The zero-order valence-electron chi connectivity index (χ0n) is 9.24. The molecule has 1 aromatic rings. The molecule has 0 spiro atoms. The number of piperidine rings is 1. The van der Waals surface area contributed by atoms with E-state index in [1.807, 2.05) is 12.4 Å². The van der Waals surface area contributed by atoms with Crippen LogP contribution < -0.4 is 4.74 Å². The molecule has 0 aliphatic carbocycles. The number of hydrogen-bond acceptors (Lipinski definition) is 4. The molecule has 0 aromatic carbocycles. The van der Waals surface area contributed by atoms with Gasteiger partial charge in [-0.1, -0.05) is 17.8 Å². The number of hydrogen-bond donors (Lipinski definition) is 0. The van der Waals surface area contributed by atoms with E-state index < -0.39 is 0 Å². The topological polar surface area (TPSA) is 25.4 Å². The minimum Gasteiger partial charge on any atom is -0.481 e. The van der Waals surface area contributed by atoms with Gasteiger partial charge in [0.1, 0.15) is 6.61 Å². The van der Waals surface area contributed by atoms with Gasteiger partial charge in [0.15, 0.2) is 5.06 Å². The van der Waals surface area contributed by atoms with Crippen molar-refractivity contribution in [3.05, 3.63) is 11.2 Å². The van der Waals surface area contributed by atoms with Crippen LogP contribution in [0.2, 0.25) is 0 Å². The van der Waals surface area contributed by atoms with Gasteiger partial charge >= 0.3 is 0 Å². The van der Waals surface area contributed by atoms with E-state index in [0.29, 0.717) is 0 Å². The van der Waals surface area contributed by atoms with Crippen molar-refractivity contribution in [2.75, 3.05) is 26.2 Å². The van der Waals surface area contributed by atoms with Crippen LogP contribution in [-0.2, 0) is 0 Å². The summed E-state index contributed by atoms with van der Waals surface area (Å²) in [7, 11) is 0. The summed E-state index contributed by atoms with van der Waals surface area (Å²) in [5.74, 6) is 0. The Kier molecular flexibility index (Phi) is 3.97. The van der Waals surface area contributed by atoms with Crippen LogP contribution in [0.1, 0.15) is 25.0 Å². The van der Waals surface area contributed by atoms with Crippen LogP contribution in [0.5, 0.6) is 5.06 Å². The molecule has 0 radical (unpaired) electrons. The fraction of sp³-hybridized carbons (Fsp3) is 0.727. The van der Waals surface area contributed by atoms with Crippen molar-refractivity contribution >= 4 is 11.3 Å². The van der Waals surface area contributed by atoms with Gasteiger partial charge in [0.2, 0.25) is 0 Å². The Morgan fingerprint density at radius 3 is 2.87 bits per heavy atom. The molecule has 2 rings (SSSR count). The highest BCUT2D eigenvalue weighted by Crippen LogP contribution is 2.21. The molecule has 1 saturated heterocycles. The van der Waals surface area contributed by atoms with Crippen molar-refractivity contribution in [3.63, 3.8) is 0 Å². The lowest BCUT2D eigenvalue weighted by molar-refractivity contribution is 0.185. The first-order chi connectivity index (χ1) is 7.36. The van der Waals surface area contributed by atoms with E-state index in [1.54, 1.807) is 11.3 Å². The van der Waals surface area contributed by atoms with Gasteiger partial charge < -0.3 is 4.74 Å². The van der Waals surface area contributed by atoms with E-state index in [9.17, 15) is 0 Å². The monoisotopic (exact) mass is 226 g/mol. The molecule has 1 aliphatic rings. The molecule has 2 heterocycles. The molecule has 0 atom stereocenters. The summed E-state index contributed by atoms with van der Waals surface area (Å²) in [6.07, 6.45) is 4.09. The maximum absolute atomic E-state index is 5.69. The summed E-state index contributed by atoms with van der Waals surface area (Å²) < 4.78 is 5.69. The molecule has 3 nitrogen and oxygen atoms in total. The first-order valence-electron chi connectivity index (χ1n) is 5.61. The van der Waals surface area contributed by atoms with Crippen molar-refractivity contribution in [1.29, 1.82) is 0 Å². The van der Waals surface area contributed by atoms with Crippen LogP contribution in [-0.4, -0.2) is 36.1 Å². The summed E-state index contributed by atoms with van der Waals surface area (Å²) in [5.41, 5.74) is 2.85. The first kappa shape index (κ1) is 10.9. The SMILES string of the molecule is Cc1ncsc1OCCN1CCCCC1. The highest BCUT2D eigenvalue weighted by Gasteiger charge is 2.10. The van der Waals surface area contributed by atoms with Crippen LogP contribution in [0.15, 0.2) is 5.51 Å². The fourth-order valence-corrected chi connectivity index (χ4v) is 2.56. The third kappa shape index (κ3) is 3.18. The Hall–Kier alpha value is -0.610. The number of rotatable bonds is 4. The number of ether oxygens (including phenoxy) is 1. The summed E-state index contributed by atoms with van der Waals surface area (Å²) in [6.45, 7) is 6.32. The third-order valence-electron chi connectivity index (χ3n) is 2.79. The summed E-state index contributed by atoms with van der Waals surface area (Å²) in [4.78, 5) is 6.65. The fourth-order valence-electron chi connectivity index (χ4n) is 1.88. The van der Waals surface area contributed by atoms with Crippen LogP contribution in [0, 0.1) is 6.92 Å². The van der Waals surface area contributed by atoms with Crippen LogP contribution in [0.3, 0.4) is 0 Å². The van der Waals surface area contributed by atoms with E-state index in [4.69, 9.17) is 4.74 Å². The van der Waals surface area contributed by atoms with Gasteiger partial charge in [-0.3, -0.25) is 4.90 Å². The molecule has 84 valence electrons. The van der Waals surface area contributed by atoms with Crippen molar-refractivity contribution in [2.45, 2.75) is 26.2 Å². The molecule has 1 aromatic heterocycles. The number of aromatic nitrogens is 1. The maximum atomic E-state index is 5.69. The van der Waals surface area contributed by atoms with Gasteiger partial charge in [-0.2, -0.15) is 0 Å². The molecule has 0 amide bonds. The molecule has 1 aliphatic heterocycles. The molecule has 4 heteroatoms. The quantitative estimate of drug-likeness (QED) is 0.788. The predicted octanol–water partition coefficient (Wildman–Crippen LogP) is 2.32. The summed E-state index contributed by atoms with van der Waals surface area (Å²) in [5, 5.41) is 0.979. The maximum Gasteiger partial charge on any atom is 0.196 e. The first-order valence-corrected chi connectivity index (χ1v) is 6.49. The van der Waals surface area contributed by atoms with E-state index in [2.05, 4.69) is 9.88 Å². The van der Waals surface area contributed by atoms with E-state index in [0.717, 1.165) is 23.9 Å². The van der Waals surface area contributed by atoms with Gasteiger partial charge in [0.05, 0.1) is 11.2 Å². The number of thiazole rings is 1. The zero-order chi connectivity index (χ0) is 10.5. The lowest BCUT2D eigenvalue weighted by Crippen LogP contribution is -2.33. The van der Waals surface area contributed by atoms with Gasteiger partial charge in [-0.25, -0.2) is 4.98 Å². The highest BCUT2D eigenvalue weighted by atomic mass is 32.1. The van der Waals surface area contributed by atoms with Gasteiger partial charge in [-0.15, -0.1) is 0 Å². The average Bonchev–Trinajstić information content (AvgIpc) is 2.66. The average molecular weight is 226 g/mol. The smallest absolute Gasteiger partial charge is 0.196 e. The number of likely N-dealkylation sites (tertiary alicyclic amines) is 1. The normalized spacial score (nSPS) is 17.9. The lowest BCUT2D eigenvalue weighted by Gasteiger charge is -2.25. The molecular formula is C11H18N2OS. The Morgan fingerprint density at radius 2 is 2.20 bits per heavy atom. The second kappa shape index (κ2) is 5.47. The molecule has 0 N–H and O–H groups in total. The summed E-state index contributed by atoms with van der Waals surface area (Å²) >= 11 is 1.58. The summed E-state index contributed by atoms with van der Waals surface area (Å²) in [6, 6.07) is 0. The molecule has 0 saturated carbocycles.